The molecule has 2 aromatic carbocycles. The zero-order valence-corrected chi connectivity index (χ0v) is 11.1. The van der Waals surface area contributed by atoms with Crippen LogP contribution in [0.1, 0.15) is 15.9 Å². The molecule has 108 valence electrons. The van der Waals surface area contributed by atoms with Crippen LogP contribution in [0.5, 0.6) is 11.5 Å². The summed E-state index contributed by atoms with van der Waals surface area (Å²) in [7, 11) is 0. The number of rotatable bonds is 3. The maximum Gasteiger partial charge on any atom is 0.327 e. The molecule has 0 unspecified atom stereocenters. The smallest absolute Gasteiger partial charge is 0.327 e. The molecule has 0 radical (unpaired) electrons. The van der Waals surface area contributed by atoms with Crippen molar-refractivity contribution < 1.29 is 24.9 Å². The molecule has 0 fully saturated rings. The Hall–Kier alpha value is -3.08. The lowest BCUT2D eigenvalue weighted by molar-refractivity contribution is -0.131. The van der Waals surface area contributed by atoms with Crippen molar-refractivity contribution in [1.29, 1.82) is 0 Å². The van der Waals surface area contributed by atoms with Gasteiger partial charge in [-0.05, 0) is 12.1 Å². The van der Waals surface area contributed by atoms with Crippen LogP contribution in [0.15, 0.2) is 61.2 Å². The fourth-order valence-corrected chi connectivity index (χ4v) is 1.46. The summed E-state index contributed by atoms with van der Waals surface area (Å²) in [5.41, 5.74) is 0.687. The number of carbonyl (C=O) groups is 2. The Morgan fingerprint density at radius 1 is 1.00 bits per heavy atom. The quantitative estimate of drug-likeness (QED) is 0.595. The molecule has 5 heteroatoms. The predicted octanol–water partition coefficient (Wildman–Crippen LogP) is 2.59. The van der Waals surface area contributed by atoms with Crippen LogP contribution in [0, 0.1) is 0 Å². The second kappa shape index (κ2) is 7.49. The lowest BCUT2D eigenvalue weighted by Gasteiger charge is -2.04. The van der Waals surface area contributed by atoms with E-state index in [9.17, 15) is 14.7 Å². The molecule has 0 aromatic heterocycles. The normalized spacial score (nSPS) is 9.14. The van der Waals surface area contributed by atoms with Crippen molar-refractivity contribution in [2.24, 2.45) is 0 Å². The lowest BCUT2D eigenvalue weighted by atomic mass is 10.0. The average Bonchev–Trinajstić information content (AvgIpc) is 2.48. The SMILES string of the molecule is C=CC(=O)O.O=C(c1ccccc1)c1ccc(O)cc1O. The minimum Gasteiger partial charge on any atom is -0.508 e. The topological polar surface area (TPSA) is 94.8 Å². The van der Waals surface area contributed by atoms with Gasteiger partial charge in [0.05, 0.1) is 5.56 Å². The Morgan fingerprint density at radius 3 is 2.05 bits per heavy atom. The summed E-state index contributed by atoms with van der Waals surface area (Å²) >= 11 is 0. The number of carbonyl (C=O) groups excluding carboxylic acids is 1. The van der Waals surface area contributed by atoms with E-state index in [2.05, 4.69) is 6.58 Å². The van der Waals surface area contributed by atoms with Crippen molar-refractivity contribution in [3.8, 4) is 11.5 Å². The molecule has 0 amide bonds. The number of hydrogen-bond acceptors (Lipinski definition) is 4. The summed E-state index contributed by atoms with van der Waals surface area (Å²) < 4.78 is 0. The molecule has 0 spiro atoms. The van der Waals surface area contributed by atoms with Crippen LogP contribution in [0.25, 0.3) is 0 Å². The Bertz CT molecular complexity index is 647. The van der Waals surface area contributed by atoms with Gasteiger partial charge in [0.2, 0.25) is 0 Å². The van der Waals surface area contributed by atoms with E-state index in [0.29, 0.717) is 5.56 Å². The molecule has 3 N–H and O–H groups in total. The molecule has 0 atom stereocenters. The molecular weight excluding hydrogens is 272 g/mol. The van der Waals surface area contributed by atoms with Crippen molar-refractivity contribution in [3.05, 3.63) is 72.3 Å². The first-order valence-electron chi connectivity index (χ1n) is 5.92. The van der Waals surface area contributed by atoms with Gasteiger partial charge in [-0.1, -0.05) is 36.9 Å². The van der Waals surface area contributed by atoms with Crippen molar-refractivity contribution in [1.82, 2.24) is 0 Å². The van der Waals surface area contributed by atoms with Crippen LogP contribution >= 0.6 is 0 Å². The van der Waals surface area contributed by atoms with Gasteiger partial charge in [0, 0.05) is 17.7 Å². The van der Waals surface area contributed by atoms with Gasteiger partial charge in [0.1, 0.15) is 11.5 Å². The summed E-state index contributed by atoms with van der Waals surface area (Å²) in [6.45, 7) is 2.96. The number of ketones is 1. The van der Waals surface area contributed by atoms with Crippen LogP contribution in [0.4, 0.5) is 0 Å². The van der Waals surface area contributed by atoms with E-state index in [1.807, 2.05) is 6.07 Å². The van der Waals surface area contributed by atoms with Crippen LogP contribution in [-0.2, 0) is 4.79 Å². The molecule has 0 aliphatic heterocycles. The van der Waals surface area contributed by atoms with Gasteiger partial charge in [0.15, 0.2) is 5.78 Å². The third-order valence-electron chi connectivity index (χ3n) is 2.44. The minimum absolute atomic E-state index is 0.0675. The molecule has 0 bridgehead atoms. The van der Waals surface area contributed by atoms with Crippen LogP contribution in [-0.4, -0.2) is 27.1 Å². The second-order valence-electron chi connectivity index (χ2n) is 3.94. The maximum atomic E-state index is 11.9. The zero-order chi connectivity index (χ0) is 15.8. The third kappa shape index (κ3) is 4.83. The molecule has 0 aliphatic rings. The van der Waals surface area contributed by atoms with Crippen LogP contribution in [0.2, 0.25) is 0 Å². The van der Waals surface area contributed by atoms with Gasteiger partial charge >= 0.3 is 5.97 Å². The van der Waals surface area contributed by atoms with Crippen molar-refractivity contribution >= 4 is 11.8 Å². The average molecular weight is 286 g/mol. The number of aliphatic carboxylic acids is 1. The summed E-state index contributed by atoms with van der Waals surface area (Å²) in [6, 6.07) is 12.6. The summed E-state index contributed by atoms with van der Waals surface area (Å²) in [5.74, 6) is -1.53. The number of phenolic OH excluding ortho intramolecular Hbond substituents is 2. The molecule has 5 nitrogen and oxygen atoms in total. The highest BCUT2D eigenvalue weighted by Gasteiger charge is 2.13. The van der Waals surface area contributed by atoms with E-state index in [-0.39, 0.29) is 22.8 Å². The molecule has 0 saturated heterocycles. The van der Waals surface area contributed by atoms with E-state index in [4.69, 9.17) is 10.2 Å². The van der Waals surface area contributed by atoms with Gasteiger partial charge in [-0.25, -0.2) is 4.79 Å². The van der Waals surface area contributed by atoms with E-state index in [0.717, 1.165) is 12.1 Å². The minimum atomic E-state index is -0.981. The molecule has 21 heavy (non-hydrogen) atoms. The Kier molecular flexibility index (Phi) is 5.70. The van der Waals surface area contributed by atoms with Crippen molar-refractivity contribution in [3.63, 3.8) is 0 Å². The third-order valence-corrected chi connectivity index (χ3v) is 2.44. The highest BCUT2D eigenvalue weighted by atomic mass is 16.4. The lowest BCUT2D eigenvalue weighted by Crippen LogP contribution is -2.00. The number of aromatic hydroxyl groups is 2. The highest BCUT2D eigenvalue weighted by molar-refractivity contribution is 6.10. The molecule has 0 heterocycles. The molecule has 0 aliphatic carbocycles. The van der Waals surface area contributed by atoms with E-state index < -0.39 is 5.97 Å². The van der Waals surface area contributed by atoms with Gasteiger partial charge in [-0.15, -0.1) is 0 Å². The van der Waals surface area contributed by atoms with Gasteiger partial charge in [0.25, 0.3) is 0 Å². The first-order chi connectivity index (χ1) is 9.95. The van der Waals surface area contributed by atoms with Crippen LogP contribution in [0.3, 0.4) is 0 Å². The van der Waals surface area contributed by atoms with E-state index >= 15 is 0 Å². The maximum absolute atomic E-state index is 11.9. The molecule has 0 saturated carbocycles. The summed E-state index contributed by atoms with van der Waals surface area (Å²) in [4.78, 5) is 21.2. The summed E-state index contributed by atoms with van der Waals surface area (Å²) in [6.07, 6.45) is 0.833. The Balaban J connectivity index is 0.000000383. The first kappa shape index (κ1) is 16.0. The number of hydrogen-bond donors (Lipinski definition) is 3. The molecule has 2 rings (SSSR count). The highest BCUT2D eigenvalue weighted by Crippen LogP contribution is 2.24. The van der Waals surface area contributed by atoms with Gasteiger partial charge < -0.3 is 15.3 Å². The second-order valence-corrected chi connectivity index (χ2v) is 3.94. The molecular formula is C16H14O5. The predicted molar refractivity (Wildman–Crippen MR) is 77.5 cm³/mol. The van der Waals surface area contributed by atoms with Crippen molar-refractivity contribution in [2.45, 2.75) is 0 Å². The standard InChI is InChI=1S/C13H10O3.C3H4O2/c14-10-6-7-11(12(15)8-10)13(16)9-4-2-1-3-5-9;1-2-3(4)5/h1-8,14-15H;2H,1H2,(H,4,5). The Morgan fingerprint density at radius 2 is 1.57 bits per heavy atom. The number of phenols is 2. The monoisotopic (exact) mass is 286 g/mol. The van der Waals surface area contributed by atoms with Gasteiger partial charge in [-0.2, -0.15) is 0 Å². The van der Waals surface area contributed by atoms with E-state index in [1.165, 1.54) is 12.1 Å². The first-order valence-corrected chi connectivity index (χ1v) is 5.92. The number of carboxylic acid groups (broad SMARTS) is 1. The fourth-order valence-electron chi connectivity index (χ4n) is 1.46. The fraction of sp³-hybridized carbons (Fsp3) is 0. The van der Waals surface area contributed by atoms with E-state index in [1.54, 1.807) is 24.3 Å². The largest absolute Gasteiger partial charge is 0.508 e. The van der Waals surface area contributed by atoms with Crippen LogP contribution < -0.4 is 0 Å². The number of carboxylic acids is 1. The Labute approximate surface area is 121 Å². The molecule has 2 aromatic rings. The van der Waals surface area contributed by atoms with Crippen molar-refractivity contribution in [2.75, 3.05) is 0 Å². The zero-order valence-electron chi connectivity index (χ0n) is 11.1. The summed E-state index contributed by atoms with van der Waals surface area (Å²) in [5, 5.41) is 26.3. The number of benzene rings is 2. The van der Waals surface area contributed by atoms with Gasteiger partial charge in [-0.3, -0.25) is 4.79 Å².